The zero-order chi connectivity index (χ0) is 17.5. The molecular formula is C18H32N2O3. The second kappa shape index (κ2) is 9.06. The second-order valence-electron chi connectivity index (χ2n) is 6.78. The van der Waals surface area contributed by atoms with Crippen LogP contribution in [-0.4, -0.2) is 43.0 Å². The van der Waals surface area contributed by atoms with Crippen LogP contribution in [0.1, 0.15) is 53.9 Å². The van der Waals surface area contributed by atoms with Crippen molar-refractivity contribution in [3.05, 3.63) is 11.8 Å². The van der Waals surface area contributed by atoms with Crippen LogP contribution in [0, 0.1) is 11.3 Å². The molecule has 1 amide bonds. The molecule has 1 fully saturated rings. The van der Waals surface area contributed by atoms with E-state index >= 15 is 0 Å². The molecule has 1 atom stereocenters. The van der Waals surface area contributed by atoms with E-state index in [0.717, 1.165) is 32.5 Å². The molecule has 1 aliphatic carbocycles. The van der Waals surface area contributed by atoms with Gasteiger partial charge in [0.25, 0.3) is 0 Å². The molecule has 0 heterocycles. The number of esters is 1. The van der Waals surface area contributed by atoms with Gasteiger partial charge in [-0.3, -0.25) is 4.79 Å². The number of hydrogen-bond donors (Lipinski definition) is 1. The zero-order valence-electron chi connectivity index (χ0n) is 15.3. The standard InChI is InChI=1S/C18H32N2O3/c1-6-10-15(19-16(21)14-13-18(14,4)5)17(22)23-12-9-11-20(7-2)8-3/h10,14H,6-9,11-13H2,1-5H3,(H,19,21)/b15-10-. The number of ether oxygens (including phenoxy) is 1. The molecule has 1 unspecified atom stereocenters. The highest BCUT2D eigenvalue weighted by molar-refractivity contribution is 5.95. The van der Waals surface area contributed by atoms with E-state index in [0.29, 0.717) is 13.0 Å². The third-order valence-electron chi connectivity index (χ3n) is 4.46. The Labute approximate surface area is 140 Å². The fourth-order valence-corrected chi connectivity index (χ4v) is 2.59. The van der Waals surface area contributed by atoms with Gasteiger partial charge in [0.2, 0.25) is 5.91 Å². The number of nitrogens with one attached hydrogen (secondary N) is 1. The van der Waals surface area contributed by atoms with Crippen molar-refractivity contribution in [2.75, 3.05) is 26.2 Å². The normalized spacial score (nSPS) is 19.6. The first kappa shape index (κ1) is 19.7. The van der Waals surface area contributed by atoms with Crippen molar-refractivity contribution < 1.29 is 14.3 Å². The van der Waals surface area contributed by atoms with E-state index in [9.17, 15) is 9.59 Å². The Morgan fingerprint density at radius 3 is 2.35 bits per heavy atom. The van der Waals surface area contributed by atoms with Crippen molar-refractivity contribution in [1.82, 2.24) is 10.2 Å². The third-order valence-corrected chi connectivity index (χ3v) is 4.46. The predicted octanol–water partition coefficient (Wildman–Crippen LogP) is 2.72. The highest BCUT2D eigenvalue weighted by Gasteiger charge is 2.50. The van der Waals surface area contributed by atoms with Gasteiger partial charge in [0.1, 0.15) is 5.70 Å². The maximum Gasteiger partial charge on any atom is 0.354 e. The number of hydrogen-bond acceptors (Lipinski definition) is 4. The number of nitrogens with zero attached hydrogens (tertiary/aromatic N) is 1. The Bertz CT molecular complexity index is 440. The molecule has 1 rings (SSSR count). The molecule has 0 saturated heterocycles. The van der Waals surface area contributed by atoms with E-state index in [4.69, 9.17) is 4.74 Å². The van der Waals surface area contributed by atoms with Crippen LogP contribution >= 0.6 is 0 Å². The SMILES string of the molecule is CC/C=C(\NC(=O)C1CC1(C)C)C(=O)OCCCN(CC)CC. The lowest BCUT2D eigenvalue weighted by molar-refractivity contribution is -0.141. The van der Waals surface area contributed by atoms with Gasteiger partial charge in [-0.05, 0) is 37.8 Å². The van der Waals surface area contributed by atoms with Gasteiger partial charge in [0.15, 0.2) is 0 Å². The molecule has 0 aromatic heterocycles. The summed E-state index contributed by atoms with van der Waals surface area (Å²) >= 11 is 0. The van der Waals surface area contributed by atoms with E-state index in [2.05, 4.69) is 37.9 Å². The van der Waals surface area contributed by atoms with Gasteiger partial charge < -0.3 is 15.0 Å². The third kappa shape index (κ3) is 6.34. The van der Waals surface area contributed by atoms with Crippen LogP contribution < -0.4 is 5.32 Å². The quantitative estimate of drug-likeness (QED) is 0.381. The first-order valence-electron chi connectivity index (χ1n) is 8.76. The summed E-state index contributed by atoms with van der Waals surface area (Å²) in [6.45, 7) is 13.6. The average molecular weight is 324 g/mol. The molecule has 23 heavy (non-hydrogen) atoms. The summed E-state index contributed by atoms with van der Waals surface area (Å²) in [5, 5.41) is 2.74. The molecular weight excluding hydrogens is 292 g/mol. The van der Waals surface area contributed by atoms with Crippen molar-refractivity contribution >= 4 is 11.9 Å². The molecule has 1 N–H and O–H groups in total. The monoisotopic (exact) mass is 324 g/mol. The van der Waals surface area contributed by atoms with E-state index < -0.39 is 5.97 Å². The zero-order valence-corrected chi connectivity index (χ0v) is 15.3. The van der Waals surface area contributed by atoms with Gasteiger partial charge in [-0.1, -0.05) is 40.7 Å². The minimum Gasteiger partial charge on any atom is -0.461 e. The summed E-state index contributed by atoms with van der Waals surface area (Å²) in [7, 11) is 0. The number of allylic oxidation sites excluding steroid dienone is 1. The molecule has 0 aliphatic heterocycles. The maximum absolute atomic E-state index is 12.1. The number of carbonyl (C=O) groups excluding carboxylic acids is 2. The molecule has 1 aliphatic rings. The molecule has 5 heteroatoms. The van der Waals surface area contributed by atoms with Crippen molar-refractivity contribution in [1.29, 1.82) is 0 Å². The summed E-state index contributed by atoms with van der Waals surface area (Å²) in [5.41, 5.74) is 0.331. The van der Waals surface area contributed by atoms with Gasteiger partial charge in [-0.15, -0.1) is 0 Å². The lowest BCUT2D eigenvalue weighted by atomic mass is 10.1. The molecule has 132 valence electrons. The molecule has 0 aromatic carbocycles. The van der Waals surface area contributed by atoms with Crippen LogP contribution in [-0.2, 0) is 14.3 Å². The van der Waals surface area contributed by atoms with Crippen LogP contribution in [0.15, 0.2) is 11.8 Å². The first-order chi connectivity index (χ1) is 10.9. The maximum atomic E-state index is 12.1. The molecule has 0 spiro atoms. The van der Waals surface area contributed by atoms with Crippen LogP contribution in [0.4, 0.5) is 0 Å². The Morgan fingerprint density at radius 2 is 1.87 bits per heavy atom. The molecule has 0 bridgehead atoms. The van der Waals surface area contributed by atoms with Crippen LogP contribution in [0.25, 0.3) is 0 Å². The van der Waals surface area contributed by atoms with Gasteiger partial charge in [0, 0.05) is 12.5 Å². The van der Waals surface area contributed by atoms with E-state index in [1.165, 1.54) is 0 Å². The van der Waals surface area contributed by atoms with Crippen LogP contribution in [0.5, 0.6) is 0 Å². The van der Waals surface area contributed by atoms with Crippen LogP contribution in [0.3, 0.4) is 0 Å². The topological polar surface area (TPSA) is 58.6 Å². The highest BCUT2D eigenvalue weighted by atomic mass is 16.5. The number of rotatable bonds is 10. The molecule has 5 nitrogen and oxygen atoms in total. The number of carbonyl (C=O) groups is 2. The van der Waals surface area contributed by atoms with Crippen molar-refractivity contribution in [2.45, 2.75) is 53.9 Å². The van der Waals surface area contributed by atoms with E-state index in [1.807, 2.05) is 6.92 Å². The van der Waals surface area contributed by atoms with Gasteiger partial charge >= 0.3 is 5.97 Å². The largest absolute Gasteiger partial charge is 0.461 e. The molecule has 0 radical (unpaired) electrons. The minimum atomic E-state index is -0.432. The lowest BCUT2D eigenvalue weighted by Gasteiger charge is -2.17. The smallest absolute Gasteiger partial charge is 0.354 e. The van der Waals surface area contributed by atoms with Gasteiger partial charge in [-0.2, -0.15) is 0 Å². The summed E-state index contributed by atoms with van der Waals surface area (Å²) < 4.78 is 5.30. The summed E-state index contributed by atoms with van der Waals surface area (Å²) in [6.07, 6.45) is 4.08. The fourth-order valence-electron chi connectivity index (χ4n) is 2.59. The summed E-state index contributed by atoms with van der Waals surface area (Å²) in [5.74, 6) is -0.508. The summed E-state index contributed by atoms with van der Waals surface area (Å²) in [6, 6.07) is 0. The Hall–Kier alpha value is -1.36. The average Bonchev–Trinajstić information content (AvgIpc) is 3.15. The van der Waals surface area contributed by atoms with Crippen LogP contribution in [0.2, 0.25) is 0 Å². The Balaban J connectivity index is 2.40. The molecule has 1 saturated carbocycles. The predicted molar refractivity (Wildman–Crippen MR) is 91.8 cm³/mol. The van der Waals surface area contributed by atoms with E-state index in [1.54, 1.807) is 6.08 Å². The molecule has 0 aromatic rings. The second-order valence-corrected chi connectivity index (χ2v) is 6.78. The van der Waals surface area contributed by atoms with Crippen molar-refractivity contribution in [3.8, 4) is 0 Å². The first-order valence-corrected chi connectivity index (χ1v) is 8.76. The van der Waals surface area contributed by atoms with Gasteiger partial charge in [-0.25, -0.2) is 4.79 Å². The minimum absolute atomic E-state index is 0.00165. The van der Waals surface area contributed by atoms with Crippen molar-refractivity contribution in [2.24, 2.45) is 11.3 Å². The number of amides is 1. The highest BCUT2D eigenvalue weighted by Crippen LogP contribution is 2.51. The fraction of sp³-hybridized carbons (Fsp3) is 0.778. The van der Waals surface area contributed by atoms with Gasteiger partial charge in [0.05, 0.1) is 6.61 Å². The Kier molecular flexibility index (Phi) is 7.76. The Morgan fingerprint density at radius 1 is 1.26 bits per heavy atom. The van der Waals surface area contributed by atoms with Crippen molar-refractivity contribution in [3.63, 3.8) is 0 Å². The summed E-state index contributed by atoms with van der Waals surface area (Å²) in [4.78, 5) is 26.6. The van der Waals surface area contributed by atoms with E-state index in [-0.39, 0.29) is 22.9 Å². The lowest BCUT2D eigenvalue weighted by Crippen LogP contribution is -2.31.